The number of carbonyl (C=O) groups excluding carboxylic acids is 3. The number of nitrogens with zero attached hydrogens (tertiary/aromatic N) is 4. The molecule has 2 aromatic rings. The Morgan fingerprint density at radius 2 is 2.06 bits per heavy atom. The summed E-state index contributed by atoms with van der Waals surface area (Å²) in [5.41, 5.74) is 0.970. The van der Waals surface area contributed by atoms with E-state index in [1.807, 2.05) is 6.92 Å². The molecule has 1 aliphatic rings. The summed E-state index contributed by atoms with van der Waals surface area (Å²) in [6.07, 6.45) is 0. The second-order valence-electron chi connectivity index (χ2n) is 6.79. The summed E-state index contributed by atoms with van der Waals surface area (Å²) in [4.78, 5) is 38.9. The first-order valence-corrected chi connectivity index (χ1v) is 11.3. The SMILES string of the molecule is COC(=O)/C(=C(\C)CSc1nnc(C)s1)N1CC(NC(=O)/C(=N/O)c2ccccc2)C1=O. The van der Waals surface area contributed by atoms with Crippen molar-refractivity contribution in [1.29, 1.82) is 0 Å². The van der Waals surface area contributed by atoms with Gasteiger partial charge in [-0.25, -0.2) is 4.79 Å². The topological polar surface area (TPSA) is 134 Å². The van der Waals surface area contributed by atoms with Gasteiger partial charge in [0.25, 0.3) is 11.8 Å². The molecule has 2 N–H and O–H groups in total. The van der Waals surface area contributed by atoms with Gasteiger partial charge in [0.1, 0.15) is 16.7 Å². The van der Waals surface area contributed by atoms with Gasteiger partial charge in [-0.15, -0.1) is 10.2 Å². The van der Waals surface area contributed by atoms with Gasteiger partial charge < -0.3 is 20.2 Å². The van der Waals surface area contributed by atoms with Crippen LogP contribution in [0.25, 0.3) is 0 Å². The number of amides is 2. The summed E-state index contributed by atoms with van der Waals surface area (Å²) in [6, 6.07) is 7.53. The van der Waals surface area contributed by atoms with Gasteiger partial charge in [-0.3, -0.25) is 9.59 Å². The molecule has 32 heavy (non-hydrogen) atoms. The van der Waals surface area contributed by atoms with Gasteiger partial charge in [-0.05, 0) is 19.4 Å². The molecule has 0 saturated carbocycles. The lowest BCUT2D eigenvalue weighted by molar-refractivity contribution is -0.149. The van der Waals surface area contributed by atoms with Crippen molar-refractivity contribution >= 4 is 46.6 Å². The van der Waals surface area contributed by atoms with Crippen LogP contribution in [0.4, 0.5) is 0 Å². The number of aryl methyl sites for hydroxylation is 1. The number of β-lactam (4-membered cyclic amide) rings is 1. The van der Waals surface area contributed by atoms with Gasteiger partial charge >= 0.3 is 5.97 Å². The monoisotopic (exact) mass is 475 g/mol. The van der Waals surface area contributed by atoms with Crippen molar-refractivity contribution in [2.75, 3.05) is 19.4 Å². The highest BCUT2D eigenvalue weighted by Gasteiger charge is 2.43. The molecule has 1 atom stereocenters. The van der Waals surface area contributed by atoms with Crippen LogP contribution >= 0.6 is 23.1 Å². The number of aromatic nitrogens is 2. The molecule has 1 aromatic carbocycles. The predicted octanol–water partition coefficient (Wildman–Crippen LogP) is 1.59. The zero-order chi connectivity index (χ0) is 23.3. The van der Waals surface area contributed by atoms with Crippen molar-refractivity contribution in [2.45, 2.75) is 24.2 Å². The van der Waals surface area contributed by atoms with Crippen LogP contribution in [0, 0.1) is 6.92 Å². The van der Waals surface area contributed by atoms with E-state index >= 15 is 0 Å². The molecule has 3 rings (SSSR count). The summed E-state index contributed by atoms with van der Waals surface area (Å²) in [5.74, 6) is -1.38. The number of benzene rings is 1. The molecule has 1 aromatic heterocycles. The van der Waals surface area contributed by atoms with Gasteiger partial charge in [-0.2, -0.15) is 0 Å². The Hall–Kier alpha value is -3.25. The molecule has 2 heterocycles. The fourth-order valence-corrected chi connectivity index (χ4v) is 4.74. The molecule has 1 saturated heterocycles. The average molecular weight is 476 g/mol. The molecule has 1 unspecified atom stereocenters. The van der Waals surface area contributed by atoms with Crippen molar-refractivity contribution in [3.05, 3.63) is 52.2 Å². The molecule has 12 heteroatoms. The maximum absolute atomic E-state index is 12.7. The second kappa shape index (κ2) is 10.4. The molecular formula is C20H21N5O5S2. The fraction of sp³-hybridized carbons (Fsp3) is 0.300. The van der Waals surface area contributed by atoms with Crippen LogP contribution in [0.15, 0.2) is 51.1 Å². The molecular weight excluding hydrogens is 454 g/mol. The number of nitrogens with one attached hydrogen (secondary N) is 1. The van der Waals surface area contributed by atoms with Crippen LogP contribution in [0.3, 0.4) is 0 Å². The van der Waals surface area contributed by atoms with Gasteiger partial charge in [0.15, 0.2) is 10.1 Å². The van der Waals surface area contributed by atoms with Crippen molar-refractivity contribution in [1.82, 2.24) is 20.4 Å². The normalized spacial score (nSPS) is 16.8. The minimum absolute atomic E-state index is 0.0857. The van der Waals surface area contributed by atoms with E-state index in [-0.39, 0.29) is 18.0 Å². The molecule has 0 bridgehead atoms. The van der Waals surface area contributed by atoms with Crippen LogP contribution in [0.2, 0.25) is 0 Å². The van der Waals surface area contributed by atoms with Crippen LogP contribution in [-0.4, -0.2) is 69.2 Å². The van der Waals surface area contributed by atoms with Gasteiger partial charge in [-0.1, -0.05) is 58.6 Å². The number of likely N-dealkylation sites (tertiary alicyclic amines) is 1. The Labute approximate surface area is 192 Å². The fourth-order valence-electron chi connectivity index (χ4n) is 2.98. The molecule has 0 spiro atoms. The van der Waals surface area contributed by atoms with Crippen molar-refractivity contribution in [3.8, 4) is 0 Å². The summed E-state index contributed by atoms with van der Waals surface area (Å²) in [7, 11) is 1.24. The van der Waals surface area contributed by atoms with E-state index in [0.29, 0.717) is 16.9 Å². The van der Waals surface area contributed by atoms with Crippen molar-refractivity contribution < 1.29 is 24.3 Å². The van der Waals surface area contributed by atoms with Crippen LogP contribution < -0.4 is 5.32 Å². The smallest absolute Gasteiger partial charge is 0.354 e. The number of methoxy groups -OCH3 is 1. The van der Waals surface area contributed by atoms with E-state index in [1.54, 1.807) is 37.3 Å². The predicted molar refractivity (Wildman–Crippen MR) is 118 cm³/mol. The zero-order valence-corrected chi connectivity index (χ0v) is 19.2. The first-order chi connectivity index (χ1) is 15.3. The van der Waals surface area contributed by atoms with Crippen LogP contribution in [-0.2, 0) is 19.1 Å². The Bertz CT molecular complexity index is 1080. The molecule has 1 fully saturated rings. The average Bonchev–Trinajstić information content (AvgIpc) is 3.22. The number of carbonyl (C=O) groups is 3. The number of hydrogen-bond acceptors (Lipinski definition) is 10. The third kappa shape index (κ3) is 5.14. The van der Waals surface area contributed by atoms with Crippen LogP contribution in [0.1, 0.15) is 17.5 Å². The number of oxime groups is 1. The van der Waals surface area contributed by atoms with E-state index in [1.165, 1.54) is 35.1 Å². The highest BCUT2D eigenvalue weighted by atomic mass is 32.2. The maximum Gasteiger partial charge on any atom is 0.354 e. The van der Waals surface area contributed by atoms with Crippen molar-refractivity contribution in [2.24, 2.45) is 5.16 Å². The first-order valence-electron chi connectivity index (χ1n) is 9.46. The Kier molecular flexibility index (Phi) is 7.59. The summed E-state index contributed by atoms with van der Waals surface area (Å²) in [5, 5.41) is 23.7. The van der Waals surface area contributed by atoms with Gasteiger partial charge in [0.05, 0.1) is 13.7 Å². The molecule has 0 radical (unpaired) electrons. The van der Waals surface area contributed by atoms with Crippen LogP contribution in [0.5, 0.6) is 0 Å². The largest absolute Gasteiger partial charge is 0.464 e. The lowest BCUT2D eigenvalue weighted by Crippen LogP contribution is -2.64. The number of rotatable bonds is 8. The summed E-state index contributed by atoms with van der Waals surface area (Å²) in [6.45, 7) is 3.67. The lowest BCUT2D eigenvalue weighted by Gasteiger charge is -2.39. The third-order valence-corrected chi connectivity index (χ3v) is 6.71. The zero-order valence-electron chi connectivity index (χ0n) is 17.6. The number of thioether (sulfide) groups is 1. The van der Waals surface area contributed by atoms with E-state index in [2.05, 4.69) is 20.7 Å². The molecule has 1 aliphatic heterocycles. The van der Waals surface area contributed by atoms with E-state index in [0.717, 1.165) is 9.35 Å². The number of ether oxygens (including phenoxy) is 1. The highest BCUT2D eigenvalue weighted by Crippen LogP contribution is 2.28. The number of esters is 1. The summed E-state index contributed by atoms with van der Waals surface area (Å²) < 4.78 is 5.61. The van der Waals surface area contributed by atoms with Crippen molar-refractivity contribution in [3.63, 3.8) is 0 Å². The summed E-state index contributed by atoms with van der Waals surface area (Å²) >= 11 is 2.84. The van der Waals surface area contributed by atoms with Gasteiger partial charge in [0.2, 0.25) is 0 Å². The molecule has 168 valence electrons. The van der Waals surface area contributed by atoms with E-state index in [9.17, 15) is 19.6 Å². The Morgan fingerprint density at radius 1 is 1.34 bits per heavy atom. The Morgan fingerprint density at radius 3 is 2.62 bits per heavy atom. The standard InChI is InChI=1S/C20H21N5O5S2/c1-11(10-31-20-23-22-12(2)32-20)16(19(28)30-3)25-9-14(18(25)27)21-17(26)15(24-29)13-7-5-4-6-8-13/h4-8,14,29H,9-10H2,1-3H3,(H,21,26)/b16-11-,24-15+. The third-order valence-electron chi connectivity index (χ3n) is 4.57. The maximum atomic E-state index is 12.7. The lowest BCUT2D eigenvalue weighted by atomic mass is 10.0. The van der Waals surface area contributed by atoms with E-state index < -0.39 is 23.8 Å². The quantitative estimate of drug-likeness (QED) is 0.112. The minimum atomic E-state index is -0.853. The highest BCUT2D eigenvalue weighted by molar-refractivity contribution is 8.01. The number of hydrogen-bond donors (Lipinski definition) is 2. The Balaban J connectivity index is 1.68. The molecule has 0 aliphatic carbocycles. The van der Waals surface area contributed by atoms with Gasteiger partial charge in [0, 0.05) is 11.3 Å². The first kappa shape index (κ1) is 23.4. The molecule has 10 nitrogen and oxygen atoms in total. The molecule has 2 amide bonds. The van der Waals surface area contributed by atoms with E-state index in [4.69, 9.17) is 4.74 Å². The minimum Gasteiger partial charge on any atom is -0.464 e. The second-order valence-corrected chi connectivity index (χ2v) is 9.19.